The molecule has 2 aromatic carbocycles. The first kappa shape index (κ1) is 37.3. The Labute approximate surface area is 288 Å². The molecule has 49 heavy (non-hydrogen) atoms. The second-order valence-corrected chi connectivity index (χ2v) is 11.9. The van der Waals surface area contributed by atoms with Crippen LogP contribution in [-0.4, -0.2) is 86.3 Å². The Morgan fingerprint density at radius 1 is 0.959 bits per heavy atom. The first-order valence-corrected chi connectivity index (χ1v) is 17.1. The molecule has 264 valence electrons. The first-order valence-electron chi connectivity index (χ1n) is 17.1. The van der Waals surface area contributed by atoms with Gasteiger partial charge >= 0.3 is 5.97 Å². The molecule has 3 amide bonds. The summed E-state index contributed by atoms with van der Waals surface area (Å²) in [7, 11) is 0. The summed E-state index contributed by atoms with van der Waals surface area (Å²) in [4.78, 5) is 58.9. The van der Waals surface area contributed by atoms with Crippen LogP contribution in [0, 0.1) is 5.92 Å². The molecule has 2 N–H and O–H groups in total. The van der Waals surface area contributed by atoms with Crippen molar-refractivity contribution in [1.82, 2.24) is 20.6 Å². The molecular formula is C37H48N4O8. The maximum Gasteiger partial charge on any atom is 0.338 e. The molecule has 4 rings (SSSR count). The maximum atomic E-state index is 13.4. The van der Waals surface area contributed by atoms with Gasteiger partial charge in [-0.15, -0.1) is 0 Å². The van der Waals surface area contributed by atoms with Gasteiger partial charge in [-0.1, -0.05) is 75.6 Å². The molecule has 0 spiro atoms. The quantitative estimate of drug-likeness (QED) is 0.0568. The van der Waals surface area contributed by atoms with E-state index in [-0.39, 0.29) is 24.9 Å². The average Bonchev–Trinajstić information content (AvgIpc) is 3.64. The summed E-state index contributed by atoms with van der Waals surface area (Å²) in [5, 5.41) is 6.73. The smallest absolute Gasteiger partial charge is 0.338 e. The topological polar surface area (TPSA) is 140 Å². The zero-order valence-electron chi connectivity index (χ0n) is 28.4. The number of ether oxygens (including phenoxy) is 2. The number of hydroxylamine groups is 2. The summed E-state index contributed by atoms with van der Waals surface area (Å²) in [5.41, 5.74) is 2.02. The number of carbonyl (C=O) groups excluding carboxylic acids is 4. The molecule has 0 bridgehead atoms. The van der Waals surface area contributed by atoms with Gasteiger partial charge in [-0.05, 0) is 42.7 Å². The van der Waals surface area contributed by atoms with Crippen molar-refractivity contribution in [2.24, 2.45) is 5.92 Å². The van der Waals surface area contributed by atoms with Gasteiger partial charge in [0.15, 0.2) is 5.76 Å². The van der Waals surface area contributed by atoms with Crippen molar-refractivity contribution in [3.63, 3.8) is 0 Å². The van der Waals surface area contributed by atoms with Crippen molar-refractivity contribution in [2.45, 2.75) is 58.6 Å². The monoisotopic (exact) mass is 676 g/mol. The summed E-state index contributed by atoms with van der Waals surface area (Å²) < 4.78 is 16.5. The molecule has 0 saturated carbocycles. The lowest BCUT2D eigenvalue weighted by atomic mass is 9.90. The highest BCUT2D eigenvalue weighted by Crippen LogP contribution is 2.24. The number of hydrogen-bond donors (Lipinski definition) is 2. The molecule has 1 fully saturated rings. The number of benzene rings is 2. The third kappa shape index (κ3) is 11.6. The summed E-state index contributed by atoms with van der Waals surface area (Å²) in [6, 6.07) is 19.0. The predicted octanol–water partition coefficient (Wildman–Crippen LogP) is 4.80. The summed E-state index contributed by atoms with van der Waals surface area (Å²) >= 11 is 0. The van der Waals surface area contributed by atoms with E-state index < -0.39 is 23.8 Å². The van der Waals surface area contributed by atoms with Crippen molar-refractivity contribution in [1.29, 1.82) is 0 Å². The van der Waals surface area contributed by atoms with Gasteiger partial charge in [0.2, 0.25) is 12.3 Å². The van der Waals surface area contributed by atoms with Gasteiger partial charge in [-0.25, -0.2) is 9.86 Å². The maximum absolute atomic E-state index is 13.4. The molecule has 0 radical (unpaired) electrons. The minimum atomic E-state index is -0.533. The van der Waals surface area contributed by atoms with Crippen LogP contribution in [0.3, 0.4) is 0 Å². The molecule has 1 aromatic heterocycles. The average molecular weight is 677 g/mol. The highest BCUT2D eigenvalue weighted by Gasteiger charge is 2.32. The van der Waals surface area contributed by atoms with Crippen molar-refractivity contribution in [2.75, 3.05) is 46.1 Å². The molecular weight excluding hydrogens is 628 g/mol. The Hall–Kier alpha value is -4.52. The fraction of sp³-hybridized carbons (Fsp3) is 0.459. The van der Waals surface area contributed by atoms with E-state index in [0.29, 0.717) is 62.5 Å². The normalized spacial score (nSPS) is 14.4. The van der Waals surface area contributed by atoms with E-state index in [9.17, 15) is 19.2 Å². The van der Waals surface area contributed by atoms with Crippen LogP contribution >= 0.6 is 0 Å². The van der Waals surface area contributed by atoms with E-state index in [1.165, 1.54) is 5.06 Å². The molecule has 1 unspecified atom stereocenters. The van der Waals surface area contributed by atoms with Gasteiger partial charge in [0.05, 0.1) is 37.4 Å². The Balaban J connectivity index is 1.27. The van der Waals surface area contributed by atoms with Gasteiger partial charge in [0, 0.05) is 25.2 Å². The minimum Gasteiger partial charge on any atom is -0.461 e. The van der Waals surface area contributed by atoms with E-state index in [1.54, 1.807) is 36.4 Å². The van der Waals surface area contributed by atoms with Crippen molar-refractivity contribution in [3.05, 3.63) is 83.6 Å². The standard InChI is InChI=1S/C37H48N4O8/c1-3-5-7-12-31(32(4-2)41(27-42)48-25-28-10-8-6-9-11-28)35(43)38-26-39-36(44)34-18-17-33(49-34)29-13-15-30(16-14-29)37(45)47-24-21-40-19-22-46-23-20-40/h6,8-11,13-18,27,31-32H,3-5,7,12,19-26H2,1-2H3,(H,38,43)(H,39,44)/t31?,32-/m1/s1. The highest BCUT2D eigenvalue weighted by molar-refractivity contribution is 5.92. The Kier molecular flexibility index (Phi) is 15.3. The Morgan fingerprint density at radius 3 is 2.41 bits per heavy atom. The van der Waals surface area contributed by atoms with Crippen molar-refractivity contribution >= 4 is 24.2 Å². The Morgan fingerprint density at radius 2 is 1.71 bits per heavy atom. The fourth-order valence-corrected chi connectivity index (χ4v) is 5.67. The number of morpholine rings is 1. The van der Waals surface area contributed by atoms with E-state index >= 15 is 0 Å². The van der Waals surface area contributed by atoms with Gasteiger partial charge in [0.25, 0.3) is 5.91 Å². The van der Waals surface area contributed by atoms with E-state index in [4.69, 9.17) is 18.7 Å². The minimum absolute atomic E-state index is 0.0724. The van der Waals surface area contributed by atoms with Crippen LogP contribution in [0.1, 0.15) is 72.4 Å². The van der Waals surface area contributed by atoms with Crippen molar-refractivity contribution in [3.8, 4) is 11.3 Å². The lowest BCUT2D eigenvalue weighted by Crippen LogP contribution is -2.48. The molecule has 2 heterocycles. The zero-order chi connectivity index (χ0) is 34.8. The van der Waals surface area contributed by atoms with Crippen LogP contribution in [0.5, 0.6) is 0 Å². The van der Waals surface area contributed by atoms with Crippen LogP contribution in [0.25, 0.3) is 11.3 Å². The number of nitrogens with zero attached hydrogens (tertiary/aromatic N) is 2. The number of hydrogen-bond acceptors (Lipinski definition) is 9. The van der Waals surface area contributed by atoms with Crippen LogP contribution in [-0.2, 0) is 30.5 Å². The van der Waals surface area contributed by atoms with E-state index in [0.717, 1.165) is 37.9 Å². The lowest BCUT2D eigenvalue weighted by molar-refractivity contribution is -0.200. The molecule has 1 aliphatic heterocycles. The lowest BCUT2D eigenvalue weighted by Gasteiger charge is -2.32. The molecule has 2 atom stereocenters. The van der Waals surface area contributed by atoms with Gasteiger partial charge < -0.3 is 24.5 Å². The van der Waals surface area contributed by atoms with Crippen LogP contribution in [0.2, 0.25) is 0 Å². The Bertz CT molecular complexity index is 1460. The summed E-state index contributed by atoms with van der Waals surface area (Å²) in [6.45, 7) is 8.08. The SMILES string of the molecule is CCCCCC(C(=O)NCNC(=O)c1ccc(-c2ccc(C(=O)OCCN3CCOCC3)cc2)o1)[C@@H](CC)N(C=O)OCc1ccccc1. The van der Waals surface area contributed by atoms with E-state index in [2.05, 4.69) is 22.5 Å². The number of unbranched alkanes of at least 4 members (excludes halogenated alkanes) is 2. The van der Waals surface area contributed by atoms with Gasteiger partial charge in [-0.3, -0.25) is 24.1 Å². The number of esters is 1. The zero-order valence-corrected chi connectivity index (χ0v) is 28.4. The molecule has 12 heteroatoms. The number of amides is 3. The number of furan rings is 1. The second-order valence-electron chi connectivity index (χ2n) is 11.9. The van der Waals surface area contributed by atoms with Crippen LogP contribution < -0.4 is 10.6 Å². The first-order chi connectivity index (χ1) is 23.9. The summed E-state index contributed by atoms with van der Waals surface area (Å²) in [5.74, 6) is -1.19. The molecule has 12 nitrogen and oxygen atoms in total. The summed E-state index contributed by atoms with van der Waals surface area (Å²) in [6.07, 6.45) is 4.45. The highest BCUT2D eigenvalue weighted by atomic mass is 16.7. The van der Waals surface area contributed by atoms with Crippen LogP contribution in [0.4, 0.5) is 0 Å². The largest absolute Gasteiger partial charge is 0.461 e. The number of carbonyl (C=O) groups is 4. The van der Waals surface area contributed by atoms with Gasteiger partial charge in [0.1, 0.15) is 19.0 Å². The molecule has 1 saturated heterocycles. The predicted molar refractivity (Wildman–Crippen MR) is 183 cm³/mol. The number of rotatable bonds is 20. The number of nitrogens with one attached hydrogen (secondary N) is 2. The molecule has 3 aromatic rings. The van der Waals surface area contributed by atoms with Crippen molar-refractivity contribution < 1.29 is 37.9 Å². The molecule has 1 aliphatic rings. The third-order valence-corrected chi connectivity index (χ3v) is 8.48. The van der Waals surface area contributed by atoms with Crippen LogP contribution in [0.15, 0.2) is 71.1 Å². The second kappa shape index (κ2) is 20.1. The van der Waals surface area contributed by atoms with Gasteiger partial charge in [-0.2, -0.15) is 0 Å². The third-order valence-electron chi connectivity index (χ3n) is 8.48. The fourth-order valence-electron chi connectivity index (χ4n) is 5.67. The van der Waals surface area contributed by atoms with E-state index in [1.807, 2.05) is 37.3 Å². The molecule has 0 aliphatic carbocycles.